The summed E-state index contributed by atoms with van der Waals surface area (Å²) >= 11 is 2.13. The van der Waals surface area contributed by atoms with Crippen molar-refractivity contribution in [2.75, 3.05) is 0 Å². The van der Waals surface area contributed by atoms with Crippen LogP contribution in [0, 0.1) is 0 Å². The topological polar surface area (TPSA) is 38.5 Å². The van der Waals surface area contributed by atoms with Gasteiger partial charge in [-0.25, -0.2) is 0 Å². The smallest absolute Gasteiger partial charge is 0.150 e. The van der Waals surface area contributed by atoms with Crippen LogP contribution in [-0.2, 0) is 4.74 Å². The third kappa shape index (κ3) is 0.738. The summed E-state index contributed by atoms with van der Waals surface area (Å²) in [6.45, 7) is 0. The third-order valence-corrected chi connectivity index (χ3v) is 1.47. The van der Waals surface area contributed by atoms with Gasteiger partial charge in [-0.1, -0.05) is 0 Å². The number of nitrogens with two attached hydrogens (primary N) is 1. The number of hydrogen-bond donors (Lipinski definition) is 1. The lowest BCUT2D eigenvalue weighted by molar-refractivity contribution is 0.410. The van der Waals surface area contributed by atoms with Crippen molar-refractivity contribution in [3.63, 3.8) is 0 Å². The molecule has 0 radical (unpaired) electrons. The van der Waals surface area contributed by atoms with Crippen LogP contribution in [0.25, 0.3) is 0 Å². The zero-order chi connectivity index (χ0) is 3.86. The number of epoxide rings is 1. The lowest BCUT2D eigenvalue weighted by Gasteiger charge is -1.58. The summed E-state index contributed by atoms with van der Waals surface area (Å²) in [5, 5.41) is 0. The summed E-state index contributed by atoms with van der Waals surface area (Å²) in [7, 11) is 0. The number of ether oxygens (including phenoxy) is 1. The molecular weight excluding hydrogens is 181 g/mol. The normalized spacial score (nSPS) is 49.2. The predicted molar refractivity (Wildman–Crippen MR) is 26.9 cm³/mol. The first-order valence-corrected chi connectivity index (χ1v) is 2.60. The molecule has 0 aromatic carbocycles. The SMILES string of the molecule is NC1OC1I. The van der Waals surface area contributed by atoms with Gasteiger partial charge in [-0.05, 0) is 22.6 Å². The summed E-state index contributed by atoms with van der Waals surface area (Å²) in [6.07, 6.45) is 0.0376. The highest BCUT2D eigenvalue weighted by atomic mass is 127. The first-order chi connectivity index (χ1) is 2.30. The molecule has 0 amide bonds. The van der Waals surface area contributed by atoms with E-state index < -0.39 is 0 Å². The second-order valence-electron chi connectivity index (χ2n) is 0.952. The number of rotatable bonds is 0. The Morgan fingerprint density at radius 2 is 2.00 bits per heavy atom. The van der Waals surface area contributed by atoms with E-state index in [1.54, 1.807) is 0 Å². The van der Waals surface area contributed by atoms with Crippen molar-refractivity contribution in [1.82, 2.24) is 0 Å². The van der Waals surface area contributed by atoms with Crippen LogP contribution in [0.1, 0.15) is 0 Å². The fraction of sp³-hybridized carbons (Fsp3) is 1.00. The van der Waals surface area contributed by atoms with Crippen molar-refractivity contribution in [2.24, 2.45) is 5.73 Å². The van der Waals surface area contributed by atoms with Gasteiger partial charge in [0.05, 0.1) is 0 Å². The van der Waals surface area contributed by atoms with E-state index in [0.29, 0.717) is 4.11 Å². The molecule has 1 heterocycles. The highest BCUT2D eigenvalue weighted by Crippen LogP contribution is 2.22. The van der Waals surface area contributed by atoms with E-state index in [0.717, 1.165) is 0 Å². The molecule has 2 nitrogen and oxygen atoms in total. The monoisotopic (exact) mass is 185 g/mol. The average molecular weight is 185 g/mol. The van der Waals surface area contributed by atoms with Crippen molar-refractivity contribution in [3.8, 4) is 0 Å². The van der Waals surface area contributed by atoms with Crippen molar-refractivity contribution < 1.29 is 4.74 Å². The van der Waals surface area contributed by atoms with E-state index in [1.165, 1.54) is 0 Å². The molecule has 0 aromatic heterocycles. The lowest BCUT2D eigenvalue weighted by atomic mass is 10.8. The van der Waals surface area contributed by atoms with Gasteiger partial charge in [0.1, 0.15) is 10.3 Å². The largest absolute Gasteiger partial charge is 0.342 e. The molecule has 0 aliphatic carbocycles. The standard InChI is InChI=1S/C2H4INO/c3-1-2(4)5-1/h1-2H,4H2. The predicted octanol–water partition coefficient (Wildman–Crippen LogP) is 0.0625. The Labute approximate surface area is 43.8 Å². The maximum Gasteiger partial charge on any atom is 0.150 e. The highest BCUT2D eigenvalue weighted by Gasteiger charge is 2.31. The van der Waals surface area contributed by atoms with Gasteiger partial charge in [-0.3, -0.25) is 0 Å². The van der Waals surface area contributed by atoms with Gasteiger partial charge in [0, 0.05) is 0 Å². The van der Waals surface area contributed by atoms with Gasteiger partial charge in [0.25, 0.3) is 0 Å². The van der Waals surface area contributed by atoms with Crippen molar-refractivity contribution in [3.05, 3.63) is 0 Å². The van der Waals surface area contributed by atoms with Crippen LogP contribution >= 0.6 is 22.6 Å². The lowest BCUT2D eigenvalue weighted by Crippen LogP contribution is -2.00. The second kappa shape index (κ2) is 1.06. The zero-order valence-corrected chi connectivity index (χ0v) is 4.68. The summed E-state index contributed by atoms with van der Waals surface area (Å²) in [4.78, 5) is 0. The van der Waals surface area contributed by atoms with E-state index in [-0.39, 0.29) is 6.23 Å². The first kappa shape index (κ1) is 3.83. The van der Waals surface area contributed by atoms with Gasteiger partial charge in [-0.2, -0.15) is 0 Å². The van der Waals surface area contributed by atoms with Crippen LogP contribution in [0.15, 0.2) is 0 Å². The molecule has 30 valence electrons. The molecule has 1 rings (SSSR count). The van der Waals surface area contributed by atoms with Crippen LogP contribution < -0.4 is 5.73 Å². The number of alkyl halides is 1. The van der Waals surface area contributed by atoms with Crippen molar-refractivity contribution in [1.29, 1.82) is 0 Å². The average Bonchev–Trinajstić information content (AvgIpc) is 1.79. The Balaban J connectivity index is 2.20. The van der Waals surface area contributed by atoms with Gasteiger partial charge in [-0.15, -0.1) is 0 Å². The maximum absolute atomic E-state index is 5.14. The minimum absolute atomic E-state index is 0.0376. The van der Waals surface area contributed by atoms with Crippen molar-refractivity contribution in [2.45, 2.75) is 10.3 Å². The molecule has 1 aliphatic rings. The molecular formula is C2H4INO. The van der Waals surface area contributed by atoms with Gasteiger partial charge < -0.3 is 10.5 Å². The minimum atomic E-state index is 0.0376. The van der Waals surface area contributed by atoms with Gasteiger partial charge >= 0.3 is 0 Å². The molecule has 2 N–H and O–H groups in total. The molecule has 1 fully saturated rings. The van der Waals surface area contributed by atoms with Gasteiger partial charge in [0.2, 0.25) is 0 Å². The first-order valence-electron chi connectivity index (χ1n) is 1.36. The number of hydrogen-bond acceptors (Lipinski definition) is 2. The molecule has 0 aromatic rings. The molecule has 2 atom stereocenters. The minimum Gasteiger partial charge on any atom is -0.342 e. The molecule has 1 saturated heterocycles. The quantitative estimate of drug-likeness (QED) is 0.329. The molecule has 3 heteroatoms. The molecule has 5 heavy (non-hydrogen) atoms. The maximum atomic E-state index is 5.14. The second-order valence-corrected chi connectivity index (χ2v) is 2.18. The van der Waals surface area contributed by atoms with E-state index in [1.807, 2.05) is 0 Å². The van der Waals surface area contributed by atoms with Crippen LogP contribution in [0.4, 0.5) is 0 Å². The fourth-order valence-corrected chi connectivity index (χ4v) is 0.444. The van der Waals surface area contributed by atoms with E-state index in [2.05, 4.69) is 27.3 Å². The number of halogens is 1. The summed E-state index contributed by atoms with van der Waals surface area (Å²) < 4.78 is 4.98. The summed E-state index contributed by atoms with van der Waals surface area (Å²) in [5.41, 5.74) is 5.14. The van der Waals surface area contributed by atoms with Crippen LogP contribution in [-0.4, -0.2) is 10.3 Å². The Bertz CT molecular complexity index is 42.9. The Morgan fingerprint density at radius 3 is 2.00 bits per heavy atom. The molecule has 0 spiro atoms. The fourth-order valence-electron chi connectivity index (χ4n) is 0.105. The van der Waals surface area contributed by atoms with Crippen LogP contribution in [0.3, 0.4) is 0 Å². The Morgan fingerprint density at radius 1 is 1.80 bits per heavy atom. The molecule has 0 bridgehead atoms. The summed E-state index contributed by atoms with van der Waals surface area (Å²) in [6, 6.07) is 0. The highest BCUT2D eigenvalue weighted by molar-refractivity contribution is 14.1. The molecule has 1 aliphatic heterocycles. The zero-order valence-electron chi connectivity index (χ0n) is 2.52. The third-order valence-electron chi connectivity index (χ3n) is 0.469. The van der Waals surface area contributed by atoms with Gasteiger partial charge in [0.15, 0.2) is 0 Å². The Kier molecular flexibility index (Phi) is 0.810. The summed E-state index contributed by atoms with van der Waals surface area (Å²) in [5.74, 6) is 0. The molecule has 2 unspecified atom stereocenters. The van der Waals surface area contributed by atoms with E-state index in [9.17, 15) is 0 Å². The van der Waals surface area contributed by atoms with Crippen LogP contribution in [0.5, 0.6) is 0 Å². The van der Waals surface area contributed by atoms with E-state index in [4.69, 9.17) is 5.73 Å². The van der Waals surface area contributed by atoms with Crippen molar-refractivity contribution >= 4 is 22.6 Å². The van der Waals surface area contributed by atoms with Crippen LogP contribution in [0.2, 0.25) is 0 Å². The molecule has 0 saturated carbocycles. The van der Waals surface area contributed by atoms with E-state index >= 15 is 0 Å². The Hall–Kier alpha value is 0.650.